The van der Waals surface area contributed by atoms with E-state index in [1.807, 2.05) is 25.7 Å². The fourth-order valence-corrected chi connectivity index (χ4v) is 3.07. The first-order chi connectivity index (χ1) is 13.4. The molecule has 1 aromatic carbocycles. The normalized spacial score (nSPS) is 17.5. The third-order valence-corrected chi connectivity index (χ3v) is 4.75. The molecule has 1 aromatic rings. The molecule has 2 atom stereocenters. The van der Waals surface area contributed by atoms with Crippen LogP contribution in [0.1, 0.15) is 40.0 Å². The van der Waals surface area contributed by atoms with E-state index < -0.39 is 11.6 Å². The first-order valence-electron chi connectivity index (χ1n) is 9.97. The Morgan fingerprint density at radius 3 is 2.76 bits per heavy atom. The van der Waals surface area contributed by atoms with E-state index in [9.17, 15) is 13.6 Å². The molecule has 0 radical (unpaired) electrons. The summed E-state index contributed by atoms with van der Waals surface area (Å²) < 4.78 is 27.1. The summed E-state index contributed by atoms with van der Waals surface area (Å²) in [5.41, 5.74) is 0.411. The van der Waals surface area contributed by atoms with Crippen LogP contribution in [0, 0.1) is 11.6 Å². The van der Waals surface area contributed by atoms with Gasteiger partial charge in [0.05, 0.1) is 12.2 Å². The van der Waals surface area contributed by atoms with Gasteiger partial charge in [-0.05, 0) is 38.8 Å². The van der Waals surface area contributed by atoms with Crippen LogP contribution in [0.15, 0.2) is 23.2 Å². The number of nitrogens with zero attached hydrogens (tertiary/aromatic N) is 2. The zero-order chi connectivity index (χ0) is 20.5. The van der Waals surface area contributed by atoms with E-state index in [0.717, 1.165) is 18.9 Å². The van der Waals surface area contributed by atoms with E-state index >= 15 is 0 Å². The minimum Gasteiger partial charge on any atom is -0.367 e. The lowest BCUT2D eigenvalue weighted by atomic mass is 10.2. The van der Waals surface area contributed by atoms with Crippen LogP contribution in [0.5, 0.6) is 0 Å². The van der Waals surface area contributed by atoms with Gasteiger partial charge in [-0.25, -0.2) is 8.78 Å². The van der Waals surface area contributed by atoms with Crippen LogP contribution in [0.4, 0.5) is 14.5 Å². The number of carbonyl (C=O) groups is 1. The van der Waals surface area contributed by atoms with Gasteiger partial charge in [0.1, 0.15) is 11.6 Å². The standard InChI is InChI=1S/C20H31F2N5O.HI/c1-4-14(3)25-19(28)8-10-24-20(23-5-2)26-16-9-11-27(13-16)18-7-6-15(21)12-17(18)22;/h6-7,12,14,16H,4-5,8-11,13H2,1-3H3,(H,25,28)(H2,23,24,26);1H. The van der Waals surface area contributed by atoms with Crippen LogP contribution < -0.4 is 20.9 Å². The fraction of sp³-hybridized carbons (Fsp3) is 0.600. The second-order valence-corrected chi connectivity index (χ2v) is 7.06. The number of carbonyl (C=O) groups excluding carboxylic acids is 1. The molecule has 2 unspecified atom stereocenters. The highest BCUT2D eigenvalue weighted by Gasteiger charge is 2.25. The number of halogens is 3. The highest BCUT2D eigenvalue weighted by Crippen LogP contribution is 2.24. The Bertz CT molecular complexity index is 689. The molecule has 3 N–H and O–H groups in total. The Balaban J connectivity index is 0.00000420. The zero-order valence-corrected chi connectivity index (χ0v) is 19.6. The smallest absolute Gasteiger partial charge is 0.222 e. The predicted molar refractivity (Wildman–Crippen MR) is 124 cm³/mol. The van der Waals surface area contributed by atoms with E-state index in [1.165, 1.54) is 12.1 Å². The molecule has 1 aliphatic rings. The maximum absolute atomic E-state index is 14.0. The number of anilines is 1. The van der Waals surface area contributed by atoms with Crippen LogP contribution in [-0.2, 0) is 4.79 Å². The number of guanidine groups is 1. The van der Waals surface area contributed by atoms with Gasteiger partial charge in [-0.2, -0.15) is 0 Å². The predicted octanol–water partition coefficient (Wildman–Crippen LogP) is 3.02. The van der Waals surface area contributed by atoms with Crippen molar-refractivity contribution in [2.75, 3.05) is 31.1 Å². The van der Waals surface area contributed by atoms with E-state index in [4.69, 9.17) is 0 Å². The molecule has 1 fully saturated rings. The SMILES string of the molecule is CCNC(=NCCC(=O)NC(C)CC)NC1CCN(c2ccc(F)cc2F)C1.I. The number of amides is 1. The molecule has 1 saturated heterocycles. The molecule has 0 bridgehead atoms. The van der Waals surface area contributed by atoms with Crippen molar-refractivity contribution in [3.63, 3.8) is 0 Å². The lowest BCUT2D eigenvalue weighted by Gasteiger charge is -2.21. The first kappa shape index (κ1) is 25.4. The van der Waals surface area contributed by atoms with E-state index in [2.05, 4.69) is 20.9 Å². The number of hydrogen-bond acceptors (Lipinski definition) is 3. The molecule has 0 aromatic heterocycles. The molecule has 1 aliphatic heterocycles. The molecule has 1 amide bonds. The molecule has 9 heteroatoms. The molecule has 164 valence electrons. The van der Waals surface area contributed by atoms with Gasteiger partial charge in [-0.1, -0.05) is 6.92 Å². The topological polar surface area (TPSA) is 68.8 Å². The quantitative estimate of drug-likeness (QED) is 0.279. The monoisotopic (exact) mass is 523 g/mol. The Morgan fingerprint density at radius 2 is 2.10 bits per heavy atom. The second kappa shape index (κ2) is 12.8. The average molecular weight is 523 g/mol. The van der Waals surface area contributed by atoms with Crippen LogP contribution in [-0.4, -0.2) is 50.1 Å². The molecule has 0 aliphatic carbocycles. The number of nitrogens with one attached hydrogen (secondary N) is 3. The maximum atomic E-state index is 14.0. The van der Waals surface area contributed by atoms with Crippen molar-refractivity contribution >= 4 is 41.5 Å². The van der Waals surface area contributed by atoms with Gasteiger partial charge in [-0.3, -0.25) is 9.79 Å². The van der Waals surface area contributed by atoms with Crippen LogP contribution in [0.25, 0.3) is 0 Å². The maximum Gasteiger partial charge on any atom is 0.222 e. The third kappa shape index (κ3) is 8.31. The van der Waals surface area contributed by atoms with Crippen molar-refractivity contribution in [1.82, 2.24) is 16.0 Å². The Morgan fingerprint density at radius 1 is 1.34 bits per heavy atom. The molecule has 29 heavy (non-hydrogen) atoms. The van der Waals surface area contributed by atoms with Gasteiger partial charge in [0.15, 0.2) is 5.96 Å². The summed E-state index contributed by atoms with van der Waals surface area (Å²) >= 11 is 0. The van der Waals surface area contributed by atoms with Crippen molar-refractivity contribution in [2.45, 2.75) is 52.1 Å². The number of benzene rings is 1. The van der Waals surface area contributed by atoms with Crippen LogP contribution in [0.3, 0.4) is 0 Å². The van der Waals surface area contributed by atoms with Crippen molar-refractivity contribution in [1.29, 1.82) is 0 Å². The van der Waals surface area contributed by atoms with Gasteiger partial charge in [0.25, 0.3) is 0 Å². The minimum atomic E-state index is -0.575. The molecule has 6 nitrogen and oxygen atoms in total. The Labute approximate surface area is 188 Å². The van der Waals surface area contributed by atoms with Crippen LogP contribution in [0.2, 0.25) is 0 Å². The molecule has 0 saturated carbocycles. The zero-order valence-electron chi connectivity index (χ0n) is 17.3. The minimum absolute atomic E-state index is 0. The van der Waals surface area contributed by atoms with E-state index in [1.54, 1.807) is 0 Å². The summed E-state index contributed by atoms with van der Waals surface area (Å²) in [7, 11) is 0. The van der Waals surface area contributed by atoms with Gasteiger partial charge < -0.3 is 20.9 Å². The van der Waals surface area contributed by atoms with Gasteiger partial charge in [-0.15, -0.1) is 24.0 Å². The summed E-state index contributed by atoms with van der Waals surface area (Å²) in [5, 5.41) is 9.44. The lowest BCUT2D eigenvalue weighted by Crippen LogP contribution is -2.44. The second-order valence-electron chi connectivity index (χ2n) is 7.06. The molecule has 0 spiro atoms. The summed E-state index contributed by atoms with van der Waals surface area (Å²) in [6.45, 7) is 8.34. The summed E-state index contributed by atoms with van der Waals surface area (Å²) in [5.74, 6) is -0.486. The summed E-state index contributed by atoms with van der Waals surface area (Å²) in [4.78, 5) is 18.2. The highest BCUT2D eigenvalue weighted by molar-refractivity contribution is 14.0. The van der Waals surface area contributed by atoms with Gasteiger partial charge in [0, 0.05) is 44.2 Å². The lowest BCUT2D eigenvalue weighted by molar-refractivity contribution is -0.121. The highest BCUT2D eigenvalue weighted by atomic mass is 127. The number of hydrogen-bond donors (Lipinski definition) is 3. The fourth-order valence-electron chi connectivity index (χ4n) is 3.07. The van der Waals surface area contributed by atoms with Crippen molar-refractivity contribution in [2.24, 2.45) is 4.99 Å². The number of aliphatic imine (C=N–C) groups is 1. The van der Waals surface area contributed by atoms with Gasteiger partial charge in [0.2, 0.25) is 5.91 Å². The van der Waals surface area contributed by atoms with Gasteiger partial charge >= 0.3 is 0 Å². The largest absolute Gasteiger partial charge is 0.367 e. The van der Waals surface area contributed by atoms with E-state index in [0.29, 0.717) is 44.2 Å². The van der Waals surface area contributed by atoms with Crippen molar-refractivity contribution in [3.8, 4) is 0 Å². The Kier molecular flexibility index (Phi) is 11.2. The van der Waals surface area contributed by atoms with Crippen LogP contribution >= 0.6 is 24.0 Å². The van der Waals surface area contributed by atoms with E-state index in [-0.39, 0.29) is 42.0 Å². The molecular formula is C20H32F2IN5O. The first-order valence-corrected chi connectivity index (χ1v) is 9.97. The third-order valence-electron chi connectivity index (χ3n) is 4.75. The summed E-state index contributed by atoms with van der Waals surface area (Å²) in [6, 6.07) is 3.92. The molecule has 2 rings (SSSR count). The summed E-state index contributed by atoms with van der Waals surface area (Å²) in [6.07, 6.45) is 2.04. The Hall–Kier alpha value is -1.65. The molecule has 1 heterocycles. The van der Waals surface area contributed by atoms with Crippen molar-refractivity contribution < 1.29 is 13.6 Å². The molecular weight excluding hydrogens is 491 g/mol. The number of rotatable bonds is 8. The average Bonchev–Trinajstić information content (AvgIpc) is 3.09. The van der Waals surface area contributed by atoms with Crippen molar-refractivity contribution in [3.05, 3.63) is 29.8 Å².